The number of aryl methyl sites for hydroxylation is 2. The van der Waals surface area contributed by atoms with Crippen molar-refractivity contribution in [2.45, 2.75) is 33.2 Å². The molecule has 0 unspecified atom stereocenters. The molecule has 0 amide bonds. The van der Waals surface area contributed by atoms with E-state index in [1.807, 2.05) is 38.1 Å². The minimum atomic E-state index is -0.195. The summed E-state index contributed by atoms with van der Waals surface area (Å²) in [6, 6.07) is 9.44. The summed E-state index contributed by atoms with van der Waals surface area (Å²) in [6.07, 6.45) is 4.08. The van der Waals surface area contributed by atoms with Crippen molar-refractivity contribution in [2.24, 2.45) is 5.73 Å². The molecule has 0 radical (unpaired) electrons. The lowest BCUT2D eigenvalue weighted by Crippen LogP contribution is -2.27. The van der Waals surface area contributed by atoms with Crippen molar-refractivity contribution < 1.29 is 0 Å². The Bertz CT molecular complexity index is 1430. The first-order valence-electron chi connectivity index (χ1n) is 11.0. The van der Waals surface area contributed by atoms with E-state index in [1.54, 1.807) is 16.8 Å². The summed E-state index contributed by atoms with van der Waals surface area (Å²) in [7, 11) is 0. The van der Waals surface area contributed by atoms with Crippen molar-refractivity contribution in [1.29, 1.82) is 5.41 Å². The van der Waals surface area contributed by atoms with Gasteiger partial charge in [-0.15, -0.1) is 0 Å². The fourth-order valence-corrected chi connectivity index (χ4v) is 3.87. The lowest BCUT2D eigenvalue weighted by atomic mass is 10.1. The third kappa shape index (κ3) is 4.35. The molecule has 174 valence electrons. The maximum atomic E-state index is 13.6. The zero-order valence-corrected chi connectivity index (χ0v) is 19.2. The van der Waals surface area contributed by atoms with Gasteiger partial charge in [-0.2, -0.15) is 0 Å². The van der Waals surface area contributed by atoms with Crippen LogP contribution in [0.1, 0.15) is 35.4 Å². The number of fused-ring (bicyclic) bond motifs is 1. The number of rotatable bonds is 8. The quantitative estimate of drug-likeness (QED) is 0.293. The summed E-state index contributed by atoms with van der Waals surface area (Å²) in [4.78, 5) is 31.0. The summed E-state index contributed by atoms with van der Waals surface area (Å²) in [5.74, 6) is 1.07. The number of pyridine rings is 1. The third-order valence-electron chi connectivity index (χ3n) is 5.63. The number of nitrogens with two attached hydrogens (primary N) is 2. The Hall–Kier alpha value is -4.18. The van der Waals surface area contributed by atoms with E-state index < -0.39 is 0 Å². The molecule has 3 aromatic heterocycles. The molecule has 0 saturated carbocycles. The second-order valence-electron chi connectivity index (χ2n) is 7.99. The summed E-state index contributed by atoms with van der Waals surface area (Å²) in [6.45, 7) is 4.44. The minimum absolute atomic E-state index is 0.156. The van der Waals surface area contributed by atoms with Crippen LogP contribution in [0.25, 0.3) is 16.7 Å². The average molecular weight is 458 g/mol. The first kappa shape index (κ1) is 23.0. The van der Waals surface area contributed by atoms with E-state index in [0.29, 0.717) is 53.3 Å². The topological polar surface area (TPSA) is 161 Å². The predicted molar refractivity (Wildman–Crippen MR) is 133 cm³/mol. The Balaban J connectivity index is 1.82. The maximum absolute atomic E-state index is 13.6. The molecule has 10 heteroatoms. The average Bonchev–Trinajstić information content (AvgIpc) is 2.82. The van der Waals surface area contributed by atoms with Crippen LogP contribution in [0.5, 0.6) is 0 Å². The molecular weight excluding hydrogens is 430 g/mol. The van der Waals surface area contributed by atoms with E-state index in [4.69, 9.17) is 21.9 Å². The smallest absolute Gasteiger partial charge is 0.267 e. The molecular formula is C24H27N9O. The molecule has 4 rings (SSSR count). The molecule has 0 fully saturated rings. The Morgan fingerprint density at radius 3 is 2.68 bits per heavy atom. The van der Waals surface area contributed by atoms with Gasteiger partial charge in [0.05, 0.1) is 23.2 Å². The Morgan fingerprint density at radius 2 is 1.91 bits per heavy atom. The maximum Gasteiger partial charge on any atom is 0.267 e. The lowest BCUT2D eigenvalue weighted by Gasteiger charge is -2.17. The summed E-state index contributed by atoms with van der Waals surface area (Å²) in [5, 5.41) is 12.1. The largest absolute Gasteiger partial charge is 0.383 e. The molecule has 6 N–H and O–H groups in total. The van der Waals surface area contributed by atoms with Crippen molar-refractivity contribution in [3.63, 3.8) is 0 Å². The van der Waals surface area contributed by atoms with Gasteiger partial charge in [-0.3, -0.25) is 9.36 Å². The molecule has 1 aromatic carbocycles. The second kappa shape index (κ2) is 9.75. The van der Waals surface area contributed by atoms with Crippen molar-refractivity contribution in [3.05, 3.63) is 75.7 Å². The van der Waals surface area contributed by atoms with Crippen LogP contribution < -0.4 is 22.3 Å². The lowest BCUT2D eigenvalue weighted by molar-refractivity contribution is 0.826. The van der Waals surface area contributed by atoms with E-state index in [2.05, 4.69) is 20.3 Å². The number of aromatic nitrogens is 5. The number of nitrogens with zero attached hydrogens (tertiary/aromatic N) is 5. The predicted octanol–water partition coefficient (Wildman–Crippen LogP) is 2.49. The minimum Gasteiger partial charge on any atom is -0.383 e. The van der Waals surface area contributed by atoms with Crippen LogP contribution in [0.4, 0.5) is 11.6 Å². The summed E-state index contributed by atoms with van der Waals surface area (Å²) >= 11 is 0. The highest BCUT2D eigenvalue weighted by Gasteiger charge is 2.18. The van der Waals surface area contributed by atoms with Gasteiger partial charge in [0.1, 0.15) is 23.8 Å². The van der Waals surface area contributed by atoms with E-state index in [1.165, 1.54) is 6.33 Å². The van der Waals surface area contributed by atoms with Gasteiger partial charge in [0.15, 0.2) is 5.65 Å². The molecule has 4 aromatic rings. The summed E-state index contributed by atoms with van der Waals surface area (Å²) in [5.41, 5.74) is 15.1. The number of hydrogen-bond donors (Lipinski definition) is 4. The normalized spacial score (nSPS) is 11.0. The highest BCUT2D eigenvalue weighted by Crippen LogP contribution is 2.22. The number of benzene rings is 1. The molecule has 10 nitrogen and oxygen atoms in total. The number of anilines is 2. The van der Waals surface area contributed by atoms with E-state index in [-0.39, 0.29) is 17.9 Å². The van der Waals surface area contributed by atoms with Crippen LogP contribution in [-0.4, -0.2) is 36.8 Å². The van der Waals surface area contributed by atoms with Crippen LogP contribution in [-0.2, 0) is 6.54 Å². The molecule has 0 aliphatic carbocycles. The second-order valence-corrected chi connectivity index (χ2v) is 7.99. The van der Waals surface area contributed by atoms with Gasteiger partial charge >= 0.3 is 0 Å². The van der Waals surface area contributed by atoms with E-state index in [9.17, 15) is 4.79 Å². The fourth-order valence-electron chi connectivity index (χ4n) is 3.87. The van der Waals surface area contributed by atoms with E-state index in [0.717, 1.165) is 16.8 Å². The number of nitrogen functional groups attached to an aromatic ring is 1. The molecule has 0 saturated heterocycles. The van der Waals surface area contributed by atoms with Gasteiger partial charge < -0.3 is 22.2 Å². The van der Waals surface area contributed by atoms with Gasteiger partial charge in [-0.1, -0.05) is 18.2 Å². The van der Waals surface area contributed by atoms with Gasteiger partial charge in [-0.25, -0.2) is 19.9 Å². The monoisotopic (exact) mass is 457 g/mol. The Labute approximate surface area is 196 Å². The molecule has 34 heavy (non-hydrogen) atoms. The van der Waals surface area contributed by atoms with Gasteiger partial charge in [0.2, 0.25) is 0 Å². The summed E-state index contributed by atoms with van der Waals surface area (Å²) < 4.78 is 1.60. The molecule has 0 bridgehead atoms. The van der Waals surface area contributed by atoms with Crippen molar-refractivity contribution in [3.8, 4) is 5.69 Å². The molecule has 0 spiro atoms. The van der Waals surface area contributed by atoms with Gasteiger partial charge in [0, 0.05) is 11.9 Å². The zero-order chi connectivity index (χ0) is 24.2. The number of nitrogens with one attached hydrogen (secondary N) is 2. The first-order chi connectivity index (χ1) is 16.4. The molecule has 3 heterocycles. The van der Waals surface area contributed by atoms with Crippen LogP contribution in [0, 0.1) is 19.3 Å². The number of para-hydroxylation sites is 1. The Kier molecular flexibility index (Phi) is 6.60. The van der Waals surface area contributed by atoms with Crippen LogP contribution in [0.2, 0.25) is 0 Å². The fraction of sp³-hybridized carbons (Fsp3) is 0.250. The van der Waals surface area contributed by atoms with Crippen LogP contribution >= 0.6 is 0 Å². The van der Waals surface area contributed by atoms with Crippen LogP contribution in [0.15, 0.2) is 47.7 Å². The van der Waals surface area contributed by atoms with Gasteiger partial charge in [-0.05, 0) is 56.5 Å². The van der Waals surface area contributed by atoms with Crippen molar-refractivity contribution in [1.82, 2.24) is 24.5 Å². The Morgan fingerprint density at radius 1 is 1.12 bits per heavy atom. The third-order valence-corrected chi connectivity index (χ3v) is 5.63. The standard InChI is InChI=1S/C24H27N9O/c1-14-6-3-4-8-17(14)33-18(32-23-19(24(33)34)15(2)9-11-28-23)12-29-22-20(16(26)7-5-10-25)21(27)30-13-31-22/h3-4,6,8-9,11,13,26H,5,7,10,12,25H2,1-2H3,(H3,27,29,30,31). The molecule has 0 atom stereocenters. The van der Waals surface area contributed by atoms with Crippen molar-refractivity contribution >= 4 is 28.4 Å². The van der Waals surface area contributed by atoms with Crippen LogP contribution in [0.3, 0.4) is 0 Å². The zero-order valence-electron chi connectivity index (χ0n) is 19.2. The van der Waals surface area contributed by atoms with Gasteiger partial charge in [0.25, 0.3) is 5.56 Å². The number of hydrogen-bond acceptors (Lipinski definition) is 9. The molecule has 0 aliphatic heterocycles. The molecule has 0 aliphatic rings. The first-order valence-corrected chi connectivity index (χ1v) is 11.0. The highest BCUT2D eigenvalue weighted by molar-refractivity contribution is 6.05. The van der Waals surface area contributed by atoms with Crippen molar-refractivity contribution in [2.75, 3.05) is 17.6 Å². The van der Waals surface area contributed by atoms with E-state index >= 15 is 0 Å². The SMILES string of the molecule is Cc1ccccc1-n1c(CNc2ncnc(N)c2C(=N)CCCN)nc2nccc(C)c2c1=O. The highest BCUT2D eigenvalue weighted by atomic mass is 16.1.